The molecule has 23 heavy (non-hydrogen) atoms. The first-order valence-corrected chi connectivity index (χ1v) is 8.20. The molecule has 1 fully saturated rings. The van der Waals surface area contributed by atoms with Crippen LogP contribution in [0.1, 0.15) is 12.7 Å². The predicted octanol–water partition coefficient (Wildman–Crippen LogP) is 0.184. The molecule has 0 bridgehead atoms. The molecule has 0 saturated carbocycles. The second kappa shape index (κ2) is 7.25. The Kier molecular flexibility index (Phi) is 5.09. The minimum absolute atomic E-state index is 0.386. The summed E-state index contributed by atoms with van der Waals surface area (Å²) < 4.78 is 3.86. The zero-order chi connectivity index (χ0) is 16.2. The van der Waals surface area contributed by atoms with Crippen LogP contribution in [0.25, 0.3) is 0 Å². The van der Waals surface area contributed by atoms with Crippen LogP contribution in [0.5, 0.6) is 0 Å². The van der Waals surface area contributed by atoms with Crippen molar-refractivity contribution >= 4 is 0 Å². The van der Waals surface area contributed by atoms with Crippen molar-refractivity contribution in [3.05, 3.63) is 36.7 Å². The molecule has 1 aliphatic rings. The van der Waals surface area contributed by atoms with Crippen molar-refractivity contribution in [1.29, 1.82) is 0 Å². The fourth-order valence-electron chi connectivity index (χ4n) is 3.18. The van der Waals surface area contributed by atoms with E-state index in [1.54, 1.807) is 10.9 Å². The van der Waals surface area contributed by atoms with Gasteiger partial charge >= 0.3 is 0 Å². The topological polar surface area (TPSA) is 62.4 Å². The average molecular weight is 318 g/mol. The molecule has 0 aliphatic carbocycles. The molecule has 3 heterocycles. The molecule has 7 heteroatoms. The summed E-state index contributed by atoms with van der Waals surface area (Å²) in [5, 5.41) is 14.4. The third kappa shape index (κ3) is 4.19. The lowest BCUT2D eigenvalue weighted by Gasteiger charge is -2.40. The maximum absolute atomic E-state index is 10.2. The Balaban J connectivity index is 1.47. The lowest BCUT2D eigenvalue weighted by molar-refractivity contribution is 0.0345. The monoisotopic (exact) mass is 318 g/mol. The molecule has 0 aromatic carbocycles. The highest BCUT2D eigenvalue weighted by Gasteiger charge is 2.25. The largest absolute Gasteiger partial charge is 0.390 e. The molecule has 7 nitrogen and oxygen atoms in total. The fraction of sp³-hybridized carbons (Fsp3) is 0.625. The van der Waals surface area contributed by atoms with E-state index in [1.165, 1.54) is 0 Å². The molecule has 126 valence electrons. The van der Waals surface area contributed by atoms with Gasteiger partial charge in [-0.3, -0.25) is 14.5 Å². The minimum Gasteiger partial charge on any atom is -0.390 e. The third-order valence-electron chi connectivity index (χ3n) is 4.54. The average Bonchev–Trinajstić information content (AvgIpc) is 3.14. The van der Waals surface area contributed by atoms with Gasteiger partial charge < -0.3 is 9.67 Å². The highest BCUT2D eigenvalue weighted by molar-refractivity contribution is 4.93. The Morgan fingerprint density at radius 1 is 1.26 bits per heavy atom. The maximum atomic E-state index is 10.2. The van der Waals surface area contributed by atoms with Crippen LogP contribution < -0.4 is 0 Å². The maximum Gasteiger partial charge on any atom is 0.122 e. The van der Waals surface area contributed by atoms with Crippen molar-refractivity contribution in [2.75, 3.05) is 26.2 Å². The molecule has 0 spiro atoms. The van der Waals surface area contributed by atoms with E-state index in [-0.39, 0.29) is 6.10 Å². The summed E-state index contributed by atoms with van der Waals surface area (Å²) in [5.74, 6) is 1.10. The lowest BCUT2D eigenvalue weighted by Crippen LogP contribution is -2.53. The van der Waals surface area contributed by atoms with Gasteiger partial charge in [0.2, 0.25) is 0 Å². The van der Waals surface area contributed by atoms with Gasteiger partial charge in [-0.15, -0.1) is 0 Å². The number of imidazole rings is 1. The molecule has 2 aromatic heterocycles. The van der Waals surface area contributed by atoms with Gasteiger partial charge in [0.15, 0.2) is 0 Å². The SMILES string of the molecule is C[C@H]1CN(C[C@H](O)Cn2cccn2)CCN1Cc1nccn1C. The summed E-state index contributed by atoms with van der Waals surface area (Å²) in [4.78, 5) is 9.21. The summed E-state index contributed by atoms with van der Waals surface area (Å²) >= 11 is 0. The predicted molar refractivity (Wildman–Crippen MR) is 87.8 cm³/mol. The summed E-state index contributed by atoms with van der Waals surface area (Å²) in [7, 11) is 2.04. The zero-order valence-corrected chi connectivity index (χ0v) is 13.9. The van der Waals surface area contributed by atoms with Gasteiger partial charge in [0.25, 0.3) is 0 Å². The van der Waals surface area contributed by atoms with Crippen LogP contribution in [0, 0.1) is 0 Å². The van der Waals surface area contributed by atoms with Crippen molar-refractivity contribution in [3.63, 3.8) is 0 Å². The van der Waals surface area contributed by atoms with Gasteiger partial charge in [-0.05, 0) is 13.0 Å². The standard InChI is InChI=1S/C16H26N6O/c1-14-10-20(11-15(23)12-22-6-3-4-18-22)8-9-21(14)13-16-17-5-7-19(16)2/h3-7,14-15,23H,8-13H2,1-2H3/t14-,15-/m0/s1. The molecule has 0 radical (unpaired) electrons. The molecule has 1 saturated heterocycles. The number of β-amino-alcohol motifs (C(OH)–C–C–N with tert-alkyl or cyclic N) is 1. The third-order valence-corrected chi connectivity index (χ3v) is 4.54. The van der Waals surface area contributed by atoms with Crippen LogP contribution in [0.4, 0.5) is 0 Å². The van der Waals surface area contributed by atoms with Crippen molar-refractivity contribution in [2.45, 2.75) is 32.2 Å². The first-order chi connectivity index (χ1) is 11.1. The van der Waals surface area contributed by atoms with Crippen LogP contribution in [-0.2, 0) is 20.1 Å². The van der Waals surface area contributed by atoms with Gasteiger partial charge in [0, 0.05) is 64.1 Å². The number of hydrogen-bond donors (Lipinski definition) is 1. The van der Waals surface area contributed by atoms with Crippen molar-refractivity contribution in [3.8, 4) is 0 Å². The fourth-order valence-corrected chi connectivity index (χ4v) is 3.18. The highest BCUT2D eigenvalue weighted by Crippen LogP contribution is 2.13. The smallest absolute Gasteiger partial charge is 0.122 e. The van der Waals surface area contributed by atoms with Crippen molar-refractivity contribution in [2.24, 2.45) is 7.05 Å². The van der Waals surface area contributed by atoms with E-state index in [4.69, 9.17) is 0 Å². The summed E-state index contributed by atoms with van der Waals surface area (Å²) in [6.45, 7) is 7.33. The summed E-state index contributed by atoms with van der Waals surface area (Å²) in [6, 6.07) is 2.34. The van der Waals surface area contributed by atoms with E-state index in [9.17, 15) is 5.11 Å². The Hall–Kier alpha value is -1.70. The zero-order valence-electron chi connectivity index (χ0n) is 13.9. The van der Waals surface area contributed by atoms with Crippen LogP contribution in [-0.4, -0.2) is 72.6 Å². The second-order valence-electron chi connectivity index (χ2n) is 6.42. The number of hydrogen-bond acceptors (Lipinski definition) is 5. The molecule has 3 rings (SSSR count). The Bertz CT molecular complexity index is 595. The number of aromatic nitrogens is 4. The van der Waals surface area contributed by atoms with E-state index in [2.05, 4.69) is 31.4 Å². The van der Waals surface area contributed by atoms with E-state index in [1.807, 2.05) is 31.7 Å². The number of rotatable bonds is 6. The number of piperazine rings is 1. The second-order valence-corrected chi connectivity index (χ2v) is 6.42. The Morgan fingerprint density at radius 2 is 2.13 bits per heavy atom. The number of nitrogens with zero attached hydrogens (tertiary/aromatic N) is 6. The first-order valence-electron chi connectivity index (χ1n) is 8.20. The molecule has 0 amide bonds. The summed E-state index contributed by atoms with van der Waals surface area (Å²) in [6.07, 6.45) is 7.08. The molecule has 2 atom stereocenters. The highest BCUT2D eigenvalue weighted by atomic mass is 16.3. The van der Waals surface area contributed by atoms with Gasteiger partial charge in [-0.2, -0.15) is 5.10 Å². The molecular weight excluding hydrogens is 292 g/mol. The number of aliphatic hydroxyl groups excluding tert-OH is 1. The molecular formula is C16H26N6O. The quantitative estimate of drug-likeness (QED) is 0.823. The number of aliphatic hydroxyl groups is 1. The normalized spacial score (nSPS) is 21.6. The Morgan fingerprint density at radius 3 is 2.78 bits per heavy atom. The minimum atomic E-state index is -0.386. The van der Waals surface area contributed by atoms with E-state index < -0.39 is 0 Å². The van der Waals surface area contributed by atoms with Gasteiger partial charge in [0.05, 0.1) is 19.2 Å². The van der Waals surface area contributed by atoms with E-state index >= 15 is 0 Å². The van der Waals surface area contributed by atoms with Crippen molar-refractivity contribution < 1.29 is 5.11 Å². The van der Waals surface area contributed by atoms with Crippen molar-refractivity contribution in [1.82, 2.24) is 29.1 Å². The van der Waals surface area contributed by atoms with E-state index in [0.29, 0.717) is 19.1 Å². The van der Waals surface area contributed by atoms with Gasteiger partial charge in [-0.25, -0.2) is 4.98 Å². The molecule has 1 N–H and O–H groups in total. The van der Waals surface area contributed by atoms with Crippen LogP contribution >= 0.6 is 0 Å². The number of aryl methyl sites for hydroxylation is 1. The molecule has 0 unspecified atom stereocenters. The van der Waals surface area contributed by atoms with Gasteiger partial charge in [-0.1, -0.05) is 0 Å². The molecule has 2 aromatic rings. The van der Waals surface area contributed by atoms with Crippen LogP contribution in [0.2, 0.25) is 0 Å². The van der Waals surface area contributed by atoms with Crippen LogP contribution in [0.15, 0.2) is 30.9 Å². The van der Waals surface area contributed by atoms with E-state index in [0.717, 1.165) is 32.0 Å². The van der Waals surface area contributed by atoms with Crippen LogP contribution in [0.3, 0.4) is 0 Å². The molecule has 1 aliphatic heterocycles. The first kappa shape index (κ1) is 16.2. The van der Waals surface area contributed by atoms with Gasteiger partial charge in [0.1, 0.15) is 5.82 Å². The summed E-state index contributed by atoms with van der Waals surface area (Å²) in [5.41, 5.74) is 0. The lowest BCUT2D eigenvalue weighted by atomic mass is 10.1. The Labute approximate surface area is 137 Å².